The first-order chi connectivity index (χ1) is 12.1. The molecule has 3 atom stereocenters. The number of aliphatic carboxylic acids is 1. The number of halogens is 1. The normalized spacial score (nSPS) is 26.5. The summed E-state index contributed by atoms with van der Waals surface area (Å²) in [7, 11) is 0. The highest BCUT2D eigenvalue weighted by Crippen LogP contribution is 2.41. The molecule has 0 spiro atoms. The maximum absolute atomic E-state index is 13.4. The summed E-state index contributed by atoms with van der Waals surface area (Å²) in [6, 6.07) is 10.7. The predicted molar refractivity (Wildman–Crippen MR) is 97.0 cm³/mol. The Balaban J connectivity index is 1.55. The molecule has 3 unspecified atom stereocenters. The van der Waals surface area contributed by atoms with Crippen LogP contribution in [-0.2, 0) is 11.3 Å². The average Bonchev–Trinajstić information content (AvgIpc) is 3.21. The number of rotatable bonds is 4. The first kappa shape index (κ1) is 16.7. The second-order valence-electron chi connectivity index (χ2n) is 7.15. The van der Waals surface area contributed by atoms with Gasteiger partial charge in [0, 0.05) is 22.3 Å². The molecular formula is C20H22FNO2S. The number of carboxylic acid groups (broad SMARTS) is 1. The van der Waals surface area contributed by atoms with Gasteiger partial charge in [0.15, 0.2) is 0 Å². The zero-order chi connectivity index (χ0) is 17.4. The third kappa shape index (κ3) is 3.35. The summed E-state index contributed by atoms with van der Waals surface area (Å²) in [4.78, 5) is 16.1. The molecule has 1 aromatic heterocycles. The van der Waals surface area contributed by atoms with Crippen molar-refractivity contribution < 1.29 is 14.3 Å². The fourth-order valence-electron chi connectivity index (χ4n) is 4.46. The molecule has 25 heavy (non-hydrogen) atoms. The molecule has 3 nitrogen and oxygen atoms in total. The van der Waals surface area contributed by atoms with Crippen LogP contribution in [0.3, 0.4) is 0 Å². The molecule has 1 N–H and O–H groups in total. The quantitative estimate of drug-likeness (QED) is 0.855. The summed E-state index contributed by atoms with van der Waals surface area (Å²) in [5, 5.41) is 9.64. The molecule has 1 saturated carbocycles. The lowest BCUT2D eigenvalue weighted by Crippen LogP contribution is -2.41. The number of nitrogens with zero attached hydrogens (tertiary/aromatic N) is 1. The zero-order valence-corrected chi connectivity index (χ0v) is 14.8. The minimum atomic E-state index is -0.698. The number of hydrogen-bond acceptors (Lipinski definition) is 3. The highest BCUT2D eigenvalue weighted by molar-refractivity contribution is 7.15. The molecule has 1 saturated heterocycles. The van der Waals surface area contributed by atoms with E-state index >= 15 is 0 Å². The van der Waals surface area contributed by atoms with Crippen LogP contribution >= 0.6 is 11.3 Å². The zero-order valence-electron chi connectivity index (χ0n) is 14.0. The van der Waals surface area contributed by atoms with Gasteiger partial charge in [-0.1, -0.05) is 25.0 Å². The number of fused-ring (bicyclic) bond motifs is 1. The molecule has 4 rings (SSSR count). The third-order valence-corrected chi connectivity index (χ3v) is 6.73. The van der Waals surface area contributed by atoms with E-state index in [9.17, 15) is 14.3 Å². The number of carbonyl (C=O) groups is 1. The number of benzene rings is 1. The van der Waals surface area contributed by atoms with Gasteiger partial charge in [0.1, 0.15) is 11.9 Å². The van der Waals surface area contributed by atoms with E-state index < -0.39 is 5.97 Å². The van der Waals surface area contributed by atoms with Crippen molar-refractivity contribution in [1.29, 1.82) is 0 Å². The molecule has 5 heteroatoms. The average molecular weight is 359 g/mol. The minimum Gasteiger partial charge on any atom is -0.480 e. The Hall–Kier alpha value is -1.72. The largest absolute Gasteiger partial charge is 0.480 e. The van der Waals surface area contributed by atoms with Crippen molar-refractivity contribution in [3.8, 4) is 10.4 Å². The maximum Gasteiger partial charge on any atom is 0.320 e. The molecular weight excluding hydrogens is 337 g/mol. The molecule has 1 aliphatic heterocycles. The van der Waals surface area contributed by atoms with Crippen molar-refractivity contribution in [3.63, 3.8) is 0 Å². The van der Waals surface area contributed by atoms with E-state index in [1.807, 2.05) is 12.1 Å². The third-order valence-electron chi connectivity index (χ3n) is 5.62. The first-order valence-corrected chi connectivity index (χ1v) is 9.76. The summed E-state index contributed by atoms with van der Waals surface area (Å²) >= 11 is 1.63. The van der Waals surface area contributed by atoms with E-state index in [-0.39, 0.29) is 11.9 Å². The van der Waals surface area contributed by atoms with Crippen LogP contribution in [0.1, 0.15) is 37.0 Å². The summed E-state index contributed by atoms with van der Waals surface area (Å²) in [6.07, 6.45) is 5.47. The van der Waals surface area contributed by atoms with E-state index in [1.165, 1.54) is 18.9 Å². The highest BCUT2D eigenvalue weighted by atomic mass is 32.1. The van der Waals surface area contributed by atoms with Crippen LogP contribution in [-0.4, -0.2) is 28.1 Å². The SMILES string of the molecule is O=C(O)C1CC2CCCCC2N1Cc1ccc(-c2cccc(F)c2)s1. The summed E-state index contributed by atoms with van der Waals surface area (Å²) in [6.45, 7) is 0.679. The predicted octanol–water partition coefficient (Wildman–Crippen LogP) is 4.77. The van der Waals surface area contributed by atoms with Crippen LogP contribution in [0.5, 0.6) is 0 Å². The van der Waals surface area contributed by atoms with E-state index in [1.54, 1.807) is 23.5 Å². The van der Waals surface area contributed by atoms with E-state index in [4.69, 9.17) is 0 Å². The lowest BCUT2D eigenvalue weighted by molar-refractivity contribution is -0.142. The van der Waals surface area contributed by atoms with Crippen LogP contribution in [0.4, 0.5) is 4.39 Å². The number of thiophene rings is 1. The summed E-state index contributed by atoms with van der Waals surface area (Å²) < 4.78 is 13.4. The number of hydrogen-bond donors (Lipinski definition) is 1. The summed E-state index contributed by atoms with van der Waals surface area (Å²) in [5.74, 6) is -0.406. The van der Waals surface area contributed by atoms with Crippen LogP contribution in [0.2, 0.25) is 0 Å². The maximum atomic E-state index is 13.4. The van der Waals surface area contributed by atoms with Gasteiger partial charge in [0.25, 0.3) is 0 Å². The van der Waals surface area contributed by atoms with E-state index in [2.05, 4.69) is 11.0 Å². The van der Waals surface area contributed by atoms with Crippen LogP contribution < -0.4 is 0 Å². The van der Waals surface area contributed by atoms with Crippen molar-refractivity contribution in [2.45, 2.75) is 50.7 Å². The van der Waals surface area contributed by atoms with Gasteiger partial charge < -0.3 is 5.11 Å². The number of carboxylic acids is 1. The van der Waals surface area contributed by atoms with Crippen LogP contribution in [0.15, 0.2) is 36.4 Å². The minimum absolute atomic E-state index is 0.233. The van der Waals surface area contributed by atoms with Gasteiger partial charge in [-0.15, -0.1) is 11.3 Å². The van der Waals surface area contributed by atoms with Crippen LogP contribution in [0, 0.1) is 11.7 Å². The fraction of sp³-hybridized carbons (Fsp3) is 0.450. The smallest absolute Gasteiger partial charge is 0.320 e. The molecule has 2 aliphatic rings. The van der Waals surface area contributed by atoms with Crippen molar-refractivity contribution in [2.24, 2.45) is 5.92 Å². The lowest BCUT2D eigenvalue weighted by atomic mass is 9.85. The molecule has 2 fully saturated rings. The molecule has 1 aliphatic carbocycles. The molecule has 0 amide bonds. The Bertz CT molecular complexity index is 775. The molecule has 2 aromatic rings. The Morgan fingerprint density at radius 2 is 2.08 bits per heavy atom. The van der Waals surface area contributed by atoms with Gasteiger partial charge in [0.05, 0.1) is 0 Å². The Morgan fingerprint density at radius 3 is 2.88 bits per heavy atom. The second-order valence-corrected chi connectivity index (χ2v) is 8.32. The molecule has 0 bridgehead atoms. The molecule has 0 radical (unpaired) electrons. The number of likely N-dealkylation sites (tertiary alicyclic amines) is 1. The molecule has 1 aromatic carbocycles. The first-order valence-electron chi connectivity index (χ1n) is 8.95. The highest BCUT2D eigenvalue weighted by Gasteiger charge is 2.45. The van der Waals surface area contributed by atoms with Crippen molar-refractivity contribution in [2.75, 3.05) is 0 Å². The lowest BCUT2D eigenvalue weighted by Gasteiger charge is -2.32. The Morgan fingerprint density at radius 1 is 1.24 bits per heavy atom. The van der Waals surface area contributed by atoms with Crippen LogP contribution in [0.25, 0.3) is 10.4 Å². The monoisotopic (exact) mass is 359 g/mol. The van der Waals surface area contributed by atoms with Crippen molar-refractivity contribution >= 4 is 17.3 Å². The molecule has 2 heterocycles. The van der Waals surface area contributed by atoms with Gasteiger partial charge >= 0.3 is 5.97 Å². The Kier molecular flexibility index (Phi) is 4.61. The summed E-state index contributed by atoms with van der Waals surface area (Å²) in [5.41, 5.74) is 0.878. The van der Waals surface area contributed by atoms with Crippen molar-refractivity contribution in [1.82, 2.24) is 4.90 Å². The topological polar surface area (TPSA) is 40.5 Å². The van der Waals surface area contributed by atoms with E-state index in [0.29, 0.717) is 18.5 Å². The van der Waals surface area contributed by atoms with Gasteiger partial charge in [-0.2, -0.15) is 0 Å². The fourth-order valence-corrected chi connectivity index (χ4v) is 5.48. The van der Waals surface area contributed by atoms with E-state index in [0.717, 1.165) is 34.6 Å². The van der Waals surface area contributed by atoms with Gasteiger partial charge in [-0.3, -0.25) is 9.69 Å². The van der Waals surface area contributed by atoms with Gasteiger partial charge in [-0.25, -0.2) is 4.39 Å². The molecule has 132 valence electrons. The van der Waals surface area contributed by atoms with Gasteiger partial charge in [0.2, 0.25) is 0 Å². The van der Waals surface area contributed by atoms with Gasteiger partial charge in [-0.05, 0) is 55.0 Å². The standard InChI is InChI=1S/C20H22FNO2S/c21-15-6-3-5-14(10-15)19-9-8-16(25-19)12-22-17-7-2-1-4-13(17)11-18(22)20(23)24/h3,5-6,8-10,13,17-18H,1-2,4,7,11-12H2,(H,23,24). The second kappa shape index (κ2) is 6.89. The Labute approximate surface area is 151 Å². The van der Waals surface area contributed by atoms with Crippen molar-refractivity contribution in [3.05, 3.63) is 47.1 Å².